The molecule has 1 aromatic carbocycles. The molecule has 0 saturated heterocycles. The second-order valence-electron chi connectivity index (χ2n) is 5.88. The number of unbranched alkanes of at least 4 members (excludes halogenated alkanes) is 1. The van der Waals surface area contributed by atoms with Gasteiger partial charge in [0.15, 0.2) is 0 Å². The molecule has 1 aromatic heterocycles. The molecular weight excluding hydrogens is 274 g/mol. The third-order valence-corrected chi connectivity index (χ3v) is 4.18. The summed E-state index contributed by atoms with van der Waals surface area (Å²) in [6.45, 7) is 2.23. The molecule has 1 aliphatic rings. The van der Waals surface area contributed by atoms with Gasteiger partial charge < -0.3 is 4.74 Å². The molecular formula is C18H23N3O. The predicted octanol–water partition coefficient (Wildman–Crippen LogP) is 3.38. The van der Waals surface area contributed by atoms with Crippen molar-refractivity contribution in [3.8, 4) is 5.75 Å². The largest absolute Gasteiger partial charge is 0.497 e. The van der Waals surface area contributed by atoms with Crippen molar-refractivity contribution in [3.05, 3.63) is 47.3 Å². The van der Waals surface area contributed by atoms with E-state index in [1.165, 1.54) is 24.0 Å². The van der Waals surface area contributed by atoms with Crippen LogP contribution in [0.4, 0.5) is 0 Å². The van der Waals surface area contributed by atoms with Crippen LogP contribution in [-0.2, 0) is 13.5 Å². The number of benzene rings is 1. The maximum absolute atomic E-state index is 5.38. The van der Waals surface area contributed by atoms with Crippen LogP contribution >= 0.6 is 0 Å². The zero-order valence-electron chi connectivity index (χ0n) is 13.5. The Morgan fingerprint density at radius 3 is 2.86 bits per heavy atom. The van der Waals surface area contributed by atoms with Crippen LogP contribution in [-0.4, -0.2) is 28.6 Å². The van der Waals surface area contributed by atoms with Crippen LogP contribution in [0.3, 0.4) is 0 Å². The van der Waals surface area contributed by atoms with Crippen molar-refractivity contribution in [2.45, 2.75) is 38.6 Å². The van der Waals surface area contributed by atoms with Crippen LogP contribution in [0.1, 0.15) is 43.0 Å². The number of fused-ring (bicyclic) bond motifs is 1. The van der Waals surface area contributed by atoms with Crippen LogP contribution in [0.5, 0.6) is 5.75 Å². The summed E-state index contributed by atoms with van der Waals surface area (Å²) in [5, 5.41) is 4.55. The maximum Gasteiger partial charge on any atom is 0.119 e. The van der Waals surface area contributed by atoms with Gasteiger partial charge in [0.25, 0.3) is 0 Å². The van der Waals surface area contributed by atoms with E-state index in [1.54, 1.807) is 7.11 Å². The first kappa shape index (κ1) is 14.8. The van der Waals surface area contributed by atoms with E-state index >= 15 is 0 Å². The summed E-state index contributed by atoms with van der Waals surface area (Å²) in [5.74, 6) is 0.912. The van der Waals surface area contributed by atoms with Crippen LogP contribution in [0, 0.1) is 0 Å². The lowest BCUT2D eigenvalue weighted by Gasteiger charge is -2.23. The highest BCUT2D eigenvalue weighted by Gasteiger charge is 2.23. The van der Waals surface area contributed by atoms with Crippen molar-refractivity contribution in [1.29, 1.82) is 0 Å². The monoisotopic (exact) mass is 297 g/mol. The highest BCUT2D eigenvalue weighted by atomic mass is 16.5. The molecule has 0 N–H and O–H groups in total. The van der Waals surface area contributed by atoms with E-state index in [0.717, 1.165) is 30.0 Å². The molecule has 0 spiro atoms. The van der Waals surface area contributed by atoms with Gasteiger partial charge >= 0.3 is 0 Å². The molecule has 0 aliphatic carbocycles. The molecule has 0 bridgehead atoms. The Labute approximate surface area is 131 Å². The predicted molar refractivity (Wildman–Crippen MR) is 88.9 cm³/mol. The summed E-state index contributed by atoms with van der Waals surface area (Å²) in [5.41, 5.74) is 4.48. The Kier molecular flexibility index (Phi) is 4.27. The van der Waals surface area contributed by atoms with E-state index in [-0.39, 0.29) is 0 Å². The number of aliphatic imine (C=N–C) groups is 1. The minimum Gasteiger partial charge on any atom is -0.497 e. The van der Waals surface area contributed by atoms with E-state index in [0.29, 0.717) is 6.04 Å². The number of ether oxygens (including phenoxy) is 1. The first-order chi connectivity index (χ1) is 10.7. The minimum atomic E-state index is 0.344. The van der Waals surface area contributed by atoms with Crippen LogP contribution in [0.25, 0.3) is 0 Å². The van der Waals surface area contributed by atoms with Crippen molar-refractivity contribution in [3.63, 3.8) is 0 Å². The Bertz CT molecular complexity index is 687. The molecule has 3 rings (SSSR count). The zero-order valence-corrected chi connectivity index (χ0v) is 13.5. The van der Waals surface area contributed by atoms with Gasteiger partial charge in [0, 0.05) is 18.8 Å². The number of hydrogen-bond acceptors (Lipinski definition) is 3. The molecule has 0 unspecified atom stereocenters. The summed E-state index contributed by atoms with van der Waals surface area (Å²) in [6.07, 6.45) is 6.50. The molecule has 0 radical (unpaired) electrons. The Balaban J connectivity index is 2.02. The van der Waals surface area contributed by atoms with Crippen LogP contribution in [0.15, 0.2) is 35.5 Å². The molecule has 1 aliphatic heterocycles. The first-order valence-electron chi connectivity index (χ1n) is 7.96. The molecule has 1 atom stereocenters. The molecule has 2 aromatic rings. The third kappa shape index (κ3) is 2.91. The van der Waals surface area contributed by atoms with Crippen LogP contribution < -0.4 is 4.74 Å². The number of hydrogen-bond donors (Lipinski definition) is 0. The second kappa shape index (κ2) is 6.34. The molecule has 0 fully saturated rings. The summed E-state index contributed by atoms with van der Waals surface area (Å²) < 4.78 is 7.21. The average Bonchev–Trinajstić information content (AvgIpc) is 2.97. The summed E-state index contributed by atoms with van der Waals surface area (Å²) >= 11 is 0. The Morgan fingerprint density at radius 1 is 1.32 bits per heavy atom. The van der Waals surface area contributed by atoms with E-state index in [1.807, 2.05) is 30.1 Å². The topological polar surface area (TPSA) is 39.4 Å². The van der Waals surface area contributed by atoms with E-state index < -0.39 is 0 Å². The fourth-order valence-corrected chi connectivity index (χ4v) is 3.00. The fraction of sp³-hybridized carbons (Fsp3) is 0.444. The highest BCUT2D eigenvalue weighted by molar-refractivity contribution is 6.13. The average molecular weight is 297 g/mol. The third-order valence-electron chi connectivity index (χ3n) is 4.18. The van der Waals surface area contributed by atoms with E-state index in [2.05, 4.69) is 24.2 Å². The summed E-state index contributed by atoms with van der Waals surface area (Å²) in [6, 6.07) is 8.64. The van der Waals surface area contributed by atoms with E-state index in [4.69, 9.17) is 9.73 Å². The van der Waals surface area contributed by atoms with Crippen molar-refractivity contribution >= 4 is 5.71 Å². The zero-order chi connectivity index (χ0) is 15.5. The van der Waals surface area contributed by atoms with Gasteiger partial charge in [-0.3, -0.25) is 9.67 Å². The molecule has 4 heteroatoms. The molecule has 22 heavy (non-hydrogen) atoms. The van der Waals surface area contributed by atoms with Gasteiger partial charge in [0.1, 0.15) is 11.4 Å². The molecule has 0 saturated carbocycles. The minimum absolute atomic E-state index is 0.344. The normalized spacial score (nSPS) is 17.0. The van der Waals surface area contributed by atoms with Crippen molar-refractivity contribution in [1.82, 2.24) is 9.78 Å². The quantitative estimate of drug-likeness (QED) is 0.848. The number of rotatable bonds is 5. The fourth-order valence-electron chi connectivity index (χ4n) is 3.00. The smallest absolute Gasteiger partial charge is 0.119 e. The maximum atomic E-state index is 5.38. The number of nitrogens with zero attached hydrogens (tertiary/aromatic N) is 3. The second-order valence-corrected chi connectivity index (χ2v) is 5.88. The van der Waals surface area contributed by atoms with Gasteiger partial charge in [-0.05, 0) is 42.7 Å². The van der Waals surface area contributed by atoms with Crippen molar-refractivity contribution in [2.24, 2.45) is 12.0 Å². The Hall–Kier alpha value is -2.10. The van der Waals surface area contributed by atoms with Gasteiger partial charge in [-0.2, -0.15) is 5.10 Å². The van der Waals surface area contributed by atoms with Gasteiger partial charge in [-0.1, -0.05) is 19.8 Å². The summed E-state index contributed by atoms with van der Waals surface area (Å²) in [4.78, 5) is 5.00. The lowest BCUT2D eigenvalue weighted by molar-refractivity contribution is 0.414. The summed E-state index contributed by atoms with van der Waals surface area (Å²) in [7, 11) is 3.66. The standard InChI is InChI=1S/C18H23N3O/c1-4-5-6-14-11-13-12-15(22-3)7-8-16(13)18(19-14)17-9-10-21(2)20-17/h7-10,12,14H,4-6,11H2,1-3H3/t14-/m0/s1. The van der Waals surface area contributed by atoms with Gasteiger partial charge in [0.2, 0.25) is 0 Å². The van der Waals surface area contributed by atoms with Crippen LogP contribution in [0.2, 0.25) is 0 Å². The van der Waals surface area contributed by atoms with Gasteiger partial charge in [-0.15, -0.1) is 0 Å². The number of aromatic nitrogens is 2. The number of methoxy groups -OCH3 is 1. The van der Waals surface area contributed by atoms with Crippen molar-refractivity contribution in [2.75, 3.05) is 7.11 Å². The SMILES string of the molecule is CCCC[C@H]1Cc2cc(OC)ccc2C(c2ccn(C)n2)=N1. The lowest BCUT2D eigenvalue weighted by atomic mass is 9.90. The molecule has 4 nitrogen and oxygen atoms in total. The van der Waals surface area contributed by atoms with Gasteiger partial charge in [0.05, 0.1) is 18.9 Å². The lowest BCUT2D eigenvalue weighted by Crippen LogP contribution is -2.22. The molecule has 116 valence electrons. The van der Waals surface area contributed by atoms with E-state index in [9.17, 15) is 0 Å². The molecule has 2 heterocycles. The Morgan fingerprint density at radius 2 is 2.18 bits per heavy atom. The van der Waals surface area contributed by atoms with Crippen molar-refractivity contribution < 1.29 is 4.74 Å². The molecule has 0 amide bonds. The highest BCUT2D eigenvalue weighted by Crippen LogP contribution is 2.28. The van der Waals surface area contributed by atoms with Gasteiger partial charge in [-0.25, -0.2) is 0 Å². The number of aryl methyl sites for hydroxylation is 1. The first-order valence-corrected chi connectivity index (χ1v) is 7.96.